The first-order chi connectivity index (χ1) is 7.33. The number of allylic oxidation sites excluding steroid dienone is 1. The molecule has 0 saturated carbocycles. The first-order valence-electron chi connectivity index (χ1n) is 5.97. The van der Waals surface area contributed by atoms with E-state index >= 15 is 0 Å². The predicted molar refractivity (Wildman–Crippen MR) is 62.5 cm³/mol. The second-order valence-corrected chi connectivity index (χ2v) is 4.10. The Morgan fingerprint density at radius 3 is 3.00 bits per heavy atom. The Morgan fingerprint density at radius 2 is 2.33 bits per heavy atom. The van der Waals surface area contributed by atoms with Crippen LogP contribution in [0.4, 0.5) is 0 Å². The highest BCUT2D eigenvalue weighted by Gasteiger charge is 2.04. The van der Waals surface area contributed by atoms with Crippen LogP contribution in [0.1, 0.15) is 44.9 Å². The van der Waals surface area contributed by atoms with E-state index in [4.69, 9.17) is 5.73 Å². The van der Waals surface area contributed by atoms with Gasteiger partial charge in [-0.2, -0.15) is 0 Å². The van der Waals surface area contributed by atoms with Crippen LogP contribution in [0.15, 0.2) is 11.6 Å². The van der Waals surface area contributed by atoms with Crippen molar-refractivity contribution < 1.29 is 4.79 Å². The SMILES string of the molecule is NCCCC(=O)NCCC1=CCCCC1. The van der Waals surface area contributed by atoms with E-state index in [9.17, 15) is 4.79 Å². The summed E-state index contributed by atoms with van der Waals surface area (Å²) in [5.41, 5.74) is 6.85. The van der Waals surface area contributed by atoms with Crippen LogP contribution in [-0.2, 0) is 4.79 Å². The van der Waals surface area contributed by atoms with Crippen molar-refractivity contribution in [3.8, 4) is 0 Å². The van der Waals surface area contributed by atoms with Gasteiger partial charge in [-0.15, -0.1) is 0 Å². The third-order valence-electron chi connectivity index (χ3n) is 2.76. The molecule has 0 aromatic heterocycles. The van der Waals surface area contributed by atoms with Crippen LogP contribution in [0.2, 0.25) is 0 Å². The van der Waals surface area contributed by atoms with Crippen LogP contribution in [0, 0.1) is 0 Å². The second kappa shape index (κ2) is 7.46. The van der Waals surface area contributed by atoms with Gasteiger partial charge in [-0.1, -0.05) is 11.6 Å². The van der Waals surface area contributed by atoms with Crippen LogP contribution in [0.25, 0.3) is 0 Å². The van der Waals surface area contributed by atoms with Crippen LogP contribution in [0.3, 0.4) is 0 Å². The summed E-state index contributed by atoms with van der Waals surface area (Å²) in [6, 6.07) is 0. The average Bonchev–Trinajstić information content (AvgIpc) is 2.28. The minimum Gasteiger partial charge on any atom is -0.356 e. The van der Waals surface area contributed by atoms with Crippen LogP contribution in [0.5, 0.6) is 0 Å². The van der Waals surface area contributed by atoms with E-state index in [0.717, 1.165) is 19.4 Å². The monoisotopic (exact) mass is 210 g/mol. The van der Waals surface area contributed by atoms with Crippen molar-refractivity contribution in [2.24, 2.45) is 5.73 Å². The lowest BCUT2D eigenvalue weighted by molar-refractivity contribution is -0.121. The Balaban J connectivity index is 2.04. The van der Waals surface area contributed by atoms with Crippen molar-refractivity contribution in [2.45, 2.75) is 44.9 Å². The normalized spacial score (nSPS) is 15.9. The summed E-state index contributed by atoms with van der Waals surface area (Å²) in [5.74, 6) is 0.136. The fourth-order valence-corrected chi connectivity index (χ4v) is 1.85. The minimum absolute atomic E-state index is 0.136. The predicted octanol–water partition coefficient (Wildman–Crippen LogP) is 1.73. The molecule has 0 unspecified atom stereocenters. The van der Waals surface area contributed by atoms with Gasteiger partial charge in [0.05, 0.1) is 0 Å². The molecule has 0 radical (unpaired) electrons. The van der Waals surface area contributed by atoms with E-state index in [1.807, 2.05) is 0 Å². The summed E-state index contributed by atoms with van der Waals surface area (Å²) in [6.07, 6.45) is 9.78. The molecule has 0 aromatic rings. The van der Waals surface area contributed by atoms with Gasteiger partial charge in [0.15, 0.2) is 0 Å². The average molecular weight is 210 g/mol. The molecule has 0 heterocycles. The lowest BCUT2D eigenvalue weighted by Crippen LogP contribution is -2.25. The minimum atomic E-state index is 0.136. The fraction of sp³-hybridized carbons (Fsp3) is 0.750. The van der Waals surface area contributed by atoms with Crippen molar-refractivity contribution in [2.75, 3.05) is 13.1 Å². The smallest absolute Gasteiger partial charge is 0.220 e. The molecule has 3 nitrogen and oxygen atoms in total. The zero-order chi connectivity index (χ0) is 10.9. The summed E-state index contributed by atoms with van der Waals surface area (Å²) < 4.78 is 0. The Kier molecular flexibility index (Phi) is 6.09. The molecule has 0 fully saturated rings. The molecule has 0 atom stereocenters. The molecule has 3 N–H and O–H groups in total. The molecule has 86 valence electrons. The molecule has 0 bridgehead atoms. The van der Waals surface area contributed by atoms with Gasteiger partial charge in [-0.25, -0.2) is 0 Å². The fourth-order valence-electron chi connectivity index (χ4n) is 1.85. The maximum atomic E-state index is 11.3. The van der Waals surface area contributed by atoms with E-state index in [-0.39, 0.29) is 5.91 Å². The van der Waals surface area contributed by atoms with Crippen molar-refractivity contribution in [3.63, 3.8) is 0 Å². The maximum absolute atomic E-state index is 11.3. The van der Waals surface area contributed by atoms with E-state index in [1.165, 1.54) is 31.3 Å². The third-order valence-corrected chi connectivity index (χ3v) is 2.76. The molecular formula is C12H22N2O. The number of carbonyl (C=O) groups excluding carboxylic acids is 1. The molecule has 0 spiro atoms. The van der Waals surface area contributed by atoms with Crippen LogP contribution in [-0.4, -0.2) is 19.0 Å². The van der Waals surface area contributed by atoms with E-state index in [1.54, 1.807) is 0 Å². The Bertz CT molecular complexity index is 224. The van der Waals surface area contributed by atoms with E-state index in [2.05, 4.69) is 11.4 Å². The first-order valence-corrected chi connectivity index (χ1v) is 5.97. The van der Waals surface area contributed by atoms with Gasteiger partial charge in [0.2, 0.25) is 5.91 Å². The molecule has 0 aliphatic heterocycles. The highest BCUT2D eigenvalue weighted by atomic mass is 16.1. The summed E-state index contributed by atoms with van der Waals surface area (Å²) in [4.78, 5) is 11.3. The molecule has 0 saturated heterocycles. The summed E-state index contributed by atoms with van der Waals surface area (Å²) in [5, 5.41) is 2.93. The molecule has 1 aliphatic rings. The number of carbonyl (C=O) groups is 1. The number of amides is 1. The van der Waals surface area contributed by atoms with E-state index < -0.39 is 0 Å². The Hall–Kier alpha value is -0.830. The number of rotatable bonds is 6. The van der Waals surface area contributed by atoms with Gasteiger partial charge < -0.3 is 11.1 Å². The summed E-state index contributed by atoms with van der Waals surface area (Å²) in [6.45, 7) is 1.38. The largest absolute Gasteiger partial charge is 0.356 e. The van der Waals surface area contributed by atoms with Crippen molar-refractivity contribution in [1.29, 1.82) is 0 Å². The van der Waals surface area contributed by atoms with Gasteiger partial charge in [0.1, 0.15) is 0 Å². The standard InChI is InChI=1S/C12H22N2O/c13-9-4-7-12(15)14-10-8-11-5-2-1-3-6-11/h5H,1-4,6-10,13H2,(H,14,15). The van der Waals surface area contributed by atoms with E-state index in [0.29, 0.717) is 13.0 Å². The van der Waals surface area contributed by atoms with Crippen molar-refractivity contribution >= 4 is 5.91 Å². The molecule has 1 rings (SSSR count). The number of hydrogen-bond acceptors (Lipinski definition) is 2. The van der Waals surface area contributed by atoms with Gasteiger partial charge in [0, 0.05) is 13.0 Å². The van der Waals surface area contributed by atoms with Crippen molar-refractivity contribution in [3.05, 3.63) is 11.6 Å². The third kappa shape index (κ3) is 5.57. The lowest BCUT2D eigenvalue weighted by Gasteiger charge is -2.12. The van der Waals surface area contributed by atoms with Crippen LogP contribution >= 0.6 is 0 Å². The van der Waals surface area contributed by atoms with Gasteiger partial charge in [-0.3, -0.25) is 4.79 Å². The number of nitrogens with two attached hydrogens (primary N) is 1. The molecule has 3 heteroatoms. The molecule has 1 aliphatic carbocycles. The zero-order valence-electron chi connectivity index (χ0n) is 9.43. The molecular weight excluding hydrogens is 188 g/mol. The lowest BCUT2D eigenvalue weighted by atomic mass is 9.97. The molecule has 0 aromatic carbocycles. The Labute approximate surface area is 92.1 Å². The maximum Gasteiger partial charge on any atom is 0.220 e. The highest BCUT2D eigenvalue weighted by molar-refractivity contribution is 5.75. The molecule has 15 heavy (non-hydrogen) atoms. The first kappa shape index (κ1) is 12.2. The number of hydrogen-bond donors (Lipinski definition) is 2. The number of nitrogens with one attached hydrogen (secondary N) is 1. The highest BCUT2D eigenvalue weighted by Crippen LogP contribution is 2.19. The molecule has 1 amide bonds. The van der Waals surface area contributed by atoms with Gasteiger partial charge >= 0.3 is 0 Å². The van der Waals surface area contributed by atoms with Crippen LogP contribution < -0.4 is 11.1 Å². The van der Waals surface area contributed by atoms with Crippen molar-refractivity contribution in [1.82, 2.24) is 5.32 Å². The van der Waals surface area contributed by atoms with Gasteiger partial charge in [-0.05, 0) is 45.1 Å². The quantitative estimate of drug-likeness (QED) is 0.656. The summed E-state index contributed by atoms with van der Waals surface area (Å²) in [7, 11) is 0. The summed E-state index contributed by atoms with van der Waals surface area (Å²) >= 11 is 0. The Morgan fingerprint density at radius 1 is 1.47 bits per heavy atom. The zero-order valence-corrected chi connectivity index (χ0v) is 9.43. The second-order valence-electron chi connectivity index (χ2n) is 4.10. The van der Waals surface area contributed by atoms with Gasteiger partial charge in [0.25, 0.3) is 0 Å². The topological polar surface area (TPSA) is 55.1 Å².